The van der Waals surface area contributed by atoms with Crippen LogP contribution in [-0.2, 0) is 13.6 Å². The number of carbonyl (C=O) groups excluding carboxylic acids is 1. The molecule has 2 heterocycles. The number of piperidine rings is 1. The Labute approximate surface area is 107 Å². The number of carbonyl (C=O) groups is 1. The van der Waals surface area contributed by atoms with Crippen molar-refractivity contribution in [2.75, 3.05) is 18.4 Å². The van der Waals surface area contributed by atoms with Gasteiger partial charge in [0.05, 0.1) is 6.20 Å². The highest BCUT2D eigenvalue weighted by Gasteiger charge is 2.22. The standard InChI is InChI=1S/C12H21N5O/c1-9-4-3-5-17(8-9)12(18)15-11-10(6-13)7-14-16(11)2/h7,9H,3-6,8,13H2,1-2H3,(H,15,18). The van der Waals surface area contributed by atoms with Gasteiger partial charge in [0.1, 0.15) is 5.82 Å². The van der Waals surface area contributed by atoms with Crippen LogP contribution >= 0.6 is 0 Å². The first-order valence-electron chi connectivity index (χ1n) is 6.38. The number of nitrogens with two attached hydrogens (primary N) is 1. The van der Waals surface area contributed by atoms with Crippen LogP contribution in [0.15, 0.2) is 6.20 Å². The van der Waals surface area contributed by atoms with E-state index < -0.39 is 0 Å². The zero-order chi connectivity index (χ0) is 13.1. The van der Waals surface area contributed by atoms with Gasteiger partial charge in [-0.1, -0.05) is 6.92 Å². The fourth-order valence-corrected chi connectivity index (χ4v) is 2.35. The van der Waals surface area contributed by atoms with E-state index in [9.17, 15) is 4.79 Å². The summed E-state index contributed by atoms with van der Waals surface area (Å²) in [7, 11) is 1.80. The second-order valence-corrected chi connectivity index (χ2v) is 4.97. The molecule has 0 spiro atoms. The van der Waals surface area contributed by atoms with Crippen LogP contribution in [0.1, 0.15) is 25.3 Å². The minimum Gasteiger partial charge on any atom is -0.326 e. The van der Waals surface area contributed by atoms with Gasteiger partial charge in [-0.25, -0.2) is 4.79 Å². The lowest BCUT2D eigenvalue weighted by Gasteiger charge is -2.31. The molecule has 2 rings (SSSR count). The van der Waals surface area contributed by atoms with Crippen LogP contribution < -0.4 is 11.1 Å². The Morgan fingerprint density at radius 3 is 3.11 bits per heavy atom. The third-order valence-corrected chi connectivity index (χ3v) is 3.40. The smallest absolute Gasteiger partial charge is 0.323 e. The zero-order valence-electron chi connectivity index (χ0n) is 11.0. The highest BCUT2D eigenvalue weighted by atomic mass is 16.2. The van der Waals surface area contributed by atoms with Crippen molar-refractivity contribution in [2.24, 2.45) is 18.7 Å². The molecule has 1 atom stereocenters. The van der Waals surface area contributed by atoms with Crippen LogP contribution in [0.25, 0.3) is 0 Å². The summed E-state index contributed by atoms with van der Waals surface area (Å²) < 4.78 is 1.65. The van der Waals surface area contributed by atoms with E-state index in [1.165, 1.54) is 6.42 Å². The molecule has 6 nitrogen and oxygen atoms in total. The number of urea groups is 1. The Morgan fingerprint density at radius 1 is 1.67 bits per heavy atom. The molecular weight excluding hydrogens is 230 g/mol. The summed E-state index contributed by atoms with van der Waals surface area (Å²) in [6, 6.07) is -0.0557. The highest BCUT2D eigenvalue weighted by Crippen LogP contribution is 2.18. The van der Waals surface area contributed by atoms with E-state index in [2.05, 4.69) is 17.3 Å². The zero-order valence-corrected chi connectivity index (χ0v) is 11.0. The lowest BCUT2D eigenvalue weighted by molar-refractivity contribution is 0.182. The molecular formula is C12H21N5O. The van der Waals surface area contributed by atoms with Crippen LogP contribution in [0.4, 0.5) is 10.6 Å². The van der Waals surface area contributed by atoms with Crippen molar-refractivity contribution in [3.05, 3.63) is 11.8 Å². The van der Waals surface area contributed by atoms with E-state index in [-0.39, 0.29) is 6.03 Å². The van der Waals surface area contributed by atoms with Gasteiger partial charge in [0, 0.05) is 32.2 Å². The van der Waals surface area contributed by atoms with E-state index in [0.717, 1.165) is 25.1 Å². The maximum atomic E-state index is 12.2. The molecule has 2 amide bonds. The molecule has 0 radical (unpaired) electrons. The van der Waals surface area contributed by atoms with Gasteiger partial charge in [-0.15, -0.1) is 0 Å². The topological polar surface area (TPSA) is 76.2 Å². The van der Waals surface area contributed by atoms with Crippen LogP contribution in [0, 0.1) is 5.92 Å². The number of amides is 2. The van der Waals surface area contributed by atoms with Gasteiger partial charge in [-0.2, -0.15) is 5.10 Å². The van der Waals surface area contributed by atoms with Crippen LogP contribution in [-0.4, -0.2) is 33.8 Å². The minimum atomic E-state index is -0.0557. The molecule has 0 saturated carbocycles. The molecule has 1 aliphatic heterocycles. The quantitative estimate of drug-likeness (QED) is 0.827. The average Bonchev–Trinajstić information content (AvgIpc) is 2.70. The van der Waals surface area contributed by atoms with Gasteiger partial charge in [-0.3, -0.25) is 10.00 Å². The molecule has 1 aromatic heterocycles. The predicted octanol–water partition coefficient (Wildman–Crippen LogP) is 1.14. The molecule has 1 aliphatic rings. The van der Waals surface area contributed by atoms with Gasteiger partial charge >= 0.3 is 6.03 Å². The fourth-order valence-electron chi connectivity index (χ4n) is 2.35. The lowest BCUT2D eigenvalue weighted by atomic mass is 10.0. The fraction of sp³-hybridized carbons (Fsp3) is 0.667. The predicted molar refractivity (Wildman–Crippen MR) is 70.1 cm³/mol. The molecule has 3 N–H and O–H groups in total. The van der Waals surface area contributed by atoms with E-state index in [1.54, 1.807) is 17.9 Å². The Hall–Kier alpha value is -1.56. The number of nitrogens with one attached hydrogen (secondary N) is 1. The second-order valence-electron chi connectivity index (χ2n) is 4.97. The number of anilines is 1. The molecule has 1 fully saturated rings. The molecule has 1 saturated heterocycles. The molecule has 1 unspecified atom stereocenters. The normalized spacial score (nSPS) is 19.9. The lowest BCUT2D eigenvalue weighted by Crippen LogP contribution is -2.42. The van der Waals surface area contributed by atoms with Crippen LogP contribution in [0.5, 0.6) is 0 Å². The van der Waals surface area contributed by atoms with Gasteiger partial charge in [0.25, 0.3) is 0 Å². The summed E-state index contributed by atoms with van der Waals surface area (Å²) in [6.07, 6.45) is 3.96. The Kier molecular flexibility index (Phi) is 3.86. The van der Waals surface area contributed by atoms with Gasteiger partial charge in [0.15, 0.2) is 0 Å². The van der Waals surface area contributed by atoms with E-state index >= 15 is 0 Å². The van der Waals surface area contributed by atoms with Gasteiger partial charge < -0.3 is 10.6 Å². The number of likely N-dealkylation sites (tertiary alicyclic amines) is 1. The first kappa shape index (κ1) is 12.9. The molecule has 1 aromatic rings. The number of aromatic nitrogens is 2. The molecule has 18 heavy (non-hydrogen) atoms. The van der Waals surface area contributed by atoms with Crippen LogP contribution in [0.2, 0.25) is 0 Å². The highest BCUT2D eigenvalue weighted by molar-refractivity contribution is 5.89. The van der Waals surface area contributed by atoms with Crippen molar-refractivity contribution in [3.63, 3.8) is 0 Å². The molecule has 6 heteroatoms. The van der Waals surface area contributed by atoms with E-state index in [1.807, 2.05) is 4.90 Å². The maximum absolute atomic E-state index is 12.2. The maximum Gasteiger partial charge on any atom is 0.323 e. The summed E-state index contributed by atoms with van der Waals surface area (Å²) in [5.74, 6) is 1.27. The molecule has 0 bridgehead atoms. The summed E-state index contributed by atoms with van der Waals surface area (Å²) in [4.78, 5) is 14.0. The van der Waals surface area contributed by atoms with Crippen molar-refractivity contribution in [1.29, 1.82) is 0 Å². The second kappa shape index (κ2) is 5.39. The van der Waals surface area contributed by atoms with E-state index in [0.29, 0.717) is 18.3 Å². The number of nitrogens with zero attached hydrogens (tertiary/aromatic N) is 3. The summed E-state index contributed by atoms with van der Waals surface area (Å²) >= 11 is 0. The third kappa shape index (κ3) is 2.64. The number of rotatable bonds is 2. The van der Waals surface area contributed by atoms with Crippen LogP contribution in [0.3, 0.4) is 0 Å². The first-order valence-corrected chi connectivity index (χ1v) is 6.38. The summed E-state index contributed by atoms with van der Waals surface area (Å²) in [5, 5.41) is 7.01. The van der Waals surface area contributed by atoms with Gasteiger partial charge in [-0.05, 0) is 18.8 Å². The largest absolute Gasteiger partial charge is 0.326 e. The van der Waals surface area contributed by atoms with Crippen molar-refractivity contribution < 1.29 is 4.79 Å². The Balaban J connectivity index is 2.04. The Morgan fingerprint density at radius 2 is 2.44 bits per heavy atom. The Bertz CT molecular complexity index is 428. The van der Waals surface area contributed by atoms with Crippen molar-refractivity contribution >= 4 is 11.8 Å². The first-order chi connectivity index (χ1) is 8.61. The third-order valence-electron chi connectivity index (χ3n) is 3.40. The molecule has 100 valence electrons. The SMILES string of the molecule is CC1CCCN(C(=O)Nc2c(CN)cnn2C)C1. The van der Waals surface area contributed by atoms with E-state index in [4.69, 9.17) is 5.73 Å². The van der Waals surface area contributed by atoms with Crippen molar-refractivity contribution in [1.82, 2.24) is 14.7 Å². The minimum absolute atomic E-state index is 0.0557. The molecule has 0 aliphatic carbocycles. The van der Waals surface area contributed by atoms with Gasteiger partial charge in [0.2, 0.25) is 0 Å². The number of aryl methyl sites for hydroxylation is 1. The summed E-state index contributed by atoms with van der Waals surface area (Å²) in [6.45, 7) is 4.20. The number of hydrogen-bond donors (Lipinski definition) is 2. The number of hydrogen-bond acceptors (Lipinski definition) is 3. The monoisotopic (exact) mass is 251 g/mol. The molecule has 0 aromatic carbocycles. The van der Waals surface area contributed by atoms with Crippen molar-refractivity contribution in [3.8, 4) is 0 Å². The average molecular weight is 251 g/mol. The summed E-state index contributed by atoms with van der Waals surface area (Å²) in [5.41, 5.74) is 6.48. The van der Waals surface area contributed by atoms with Crippen molar-refractivity contribution in [2.45, 2.75) is 26.3 Å².